The van der Waals surface area contributed by atoms with Crippen LogP contribution in [0.2, 0.25) is 0 Å². The van der Waals surface area contributed by atoms with Gasteiger partial charge in [0, 0.05) is 12.6 Å². The van der Waals surface area contributed by atoms with Crippen molar-refractivity contribution in [2.75, 3.05) is 20.2 Å². The minimum atomic E-state index is 0.193. The smallest absolute Gasteiger partial charge is 0.122 e. The Labute approximate surface area is 131 Å². The largest absolute Gasteiger partial charge is 0.492 e. The van der Waals surface area contributed by atoms with Gasteiger partial charge in [0.15, 0.2) is 0 Å². The molecule has 0 bridgehead atoms. The highest BCUT2D eigenvalue weighted by atomic mass is 16.5. The van der Waals surface area contributed by atoms with Crippen molar-refractivity contribution in [1.82, 2.24) is 4.90 Å². The molecule has 0 aliphatic heterocycles. The molecule has 0 spiro atoms. The zero-order valence-electron chi connectivity index (χ0n) is 15.0. The lowest BCUT2D eigenvalue weighted by atomic mass is 9.86. The maximum Gasteiger partial charge on any atom is 0.122 e. The maximum atomic E-state index is 5.97. The normalized spacial score (nSPS) is 12.2. The molecular weight excluding hydrogens is 258 g/mol. The number of nitrogens with zero attached hydrogens (tertiary/aromatic N) is 1. The lowest BCUT2D eigenvalue weighted by Gasteiger charge is -2.26. The second-order valence-corrected chi connectivity index (χ2v) is 7.03. The van der Waals surface area contributed by atoms with Crippen molar-refractivity contribution in [1.29, 1.82) is 0 Å². The van der Waals surface area contributed by atoms with E-state index in [1.165, 1.54) is 24.0 Å². The molecule has 1 aromatic carbocycles. The molecule has 21 heavy (non-hydrogen) atoms. The topological polar surface area (TPSA) is 12.5 Å². The van der Waals surface area contributed by atoms with E-state index in [0.717, 1.165) is 18.9 Å². The molecule has 0 aliphatic rings. The Morgan fingerprint density at radius 1 is 1.14 bits per heavy atom. The van der Waals surface area contributed by atoms with Gasteiger partial charge in [0.1, 0.15) is 12.4 Å². The van der Waals surface area contributed by atoms with Gasteiger partial charge in [0.2, 0.25) is 0 Å². The average molecular weight is 291 g/mol. The first-order valence-corrected chi connectivity index (χ1v) is 8.23. The summed E-state index contributed by atoms with van der Waals surface area (Å²) >= 11 is 0. The summed E-state index contributed by atoms with van der Waals surface area (Å²) in [7, 11) is 2.19. The van der Waals surface area contributed by atoms with Gasteiger partial charge in [-0.15, -0.1) is 0 Å². The third-order valence-electron chi connectivity index (χ3n) is 4.31. The van der Waals surface area contributed by atoms with Gasteiger partial charge in [0.05, 0.1) is 0 Å². The van der Waals surface area contributed by atoms with E-state index < -0.39 is 0 Å². The Kier molecular flexibility index (Phi) is 6.73. The highest BCUT2D eigenvalue weighted by Gasteiger charge is 2.15. The van der Waals surface area contributed by atoms with E-state index in [1.807, 2.05) is 0 Å². The molecule has 0 aromatic heterocycles. The van der Waals surface area contributed by atoms with Crippen molar-refractivity contribution < 1.29 is 4.74 Å². The van der Waals surface area contributed by atoms with Crippen LogP contribution in [0.5, 0.6) is 5.75 Å². The predicted octanol–water partition coefficient (Wildman–Crippen LogP) is 4.79. The summed E-state index contributed by atoms with van der Waals surface area (Å²) in [5, 5.41) is 0. The highest BCUT2D eigenvalue weighted by molar-refractivity contribution is 5.38. The van der Waals surface area contributed by atoms with Gasteiger partial charge in [-0.2, -0.15) is 0 Å². The number of benzene rings is 1. The maximum absolute atomic E-state index is 5.97. The monoisotopic (exact) mass is 291 g/mol. The van der Waals surface area contributed by atoms with Crippen molar-refractivity contribution in [3.05, 3.63) is 29.3 Å². The number of ether oxygens (including phenoxy) is 1. The van der Waals surface area contributed by atoms with Crippen LogP contribution in [0.25, 0.3) is 0 Å². The first-order chi connectivity index (χ1) is 9.79. The Hall–Kier alpha value is -1.02. The molecule has 120 valence electrons. The molecule has 0 fully saturated rings. The average Bonchev–Trinajstić information content (AvgIpc) is 2.40. The van der Waals surface area contributed by atoms with E-state index in [4.69, 9.17) is 4.74 Å². The van der Waals surface area contributed by atoms with Crippen molar-refractivity contribution >= 4 is 0 Å². The standard InChI is InChI=1S/C19H33NO/c1-8-17(9-2)20(7)12-13-21-18-11-10-16(14-15(18)3)19(4,5)6/h10-11,14,17H,8-9,12-13H2,1-7H3. The fraction of sp³-hybridized carbons (Fsp3) is 0.684. The summed E-state index contributed by atoms with van der Waals surface area (Å²) in [6, 6.07) is 7.22. The summed E-state index contributed by atoms with van der Waals surface area (Å²) < 4.78 is 5.97. The van der Waals surface area contributed by atoms with E-state index in [2.05, 4.69) is 71.7 Å². The molecule has 0 heterocycles. The Morgan fingerprint density at radius 2 is 1.76 bits per heavy atom. The zero-order chi connectivity index (χ0) is 16.0. The lowest BCUT2D eigenvalue weighted by molar-refractivity contribution is 0.183. The van der Waals surface area contributed by atoms with Crippen molar-refractivity contribution in [3.63, 3.8) is 0 Å². The Bertz CT molecular complexity index is 430. The number of aryl methyl sites for hydroxylation is 1. The molecule has 0 radical (unpaired) electrons. The molecule has 2 nitrogen and oxygen atoms in total. The van der Waals surface area contributed by atoms with Crippen molar-refractivity contribution in [2.45, 2.75) is 65.8 Å². The van der Waals surface area contributed by atoms with Gasteiger partial charge in [-0.1, -0.05) is 46.8 Å². The summed E-state index contributed by atoms with van der Waals surface area (Å²) in [5.74, 6) is 1.01. The van der Waals surface area contributed by atoms with Crippen molar-refractivity contribution in [2.24, 2.45) is 0 Å². The summed E-state index contributed by atoms with van der Waals surface area (Å²) in [6.07, 6.45) is 2.40. The van der Waals surface area contributed by atoms with Crippen LogP contribution in [0.4, 0.5) is 0 Å². The molecule has 0 amide bonds. The van der Waals surface area contributed by atoms with Crippen LogP contribution in [0.3, 0.4) is 0 Å². The number of likely N-dealkylation sites (N-methyl/N-ethyl adjacent to an activating group) is 1. The molecular formula is C19H33NO. The van der Waals surface area contributed by atoms with Crippen molar-refractivity contribution in [3.8, 4) is 5.75 Å². The van der Waals surface area contributed by atoms with E-state index in [1.54, 1.807) is 0 Å². The summed E-state index contributed by atoms with van der Waals surface area (Å²) in [6.45, 7) is 15.1. The molecule has 1 aromatic rings. The zero-order valence-corrected chi connectivity index (χ0v) is 15.0. The van der Waals surface area contributed by atoms with Gasteiger partial charge in [-0.05, 0) is 49.4 Å². The quantitative estimate of drug-likeness (QED) is 0.716. The van der Waals surface area contributed by atoms with Crippen LogP contribution in [0.15, 0.2) is 18.2 Å². The van der Waals surface area contributed by atoms with Crippen LogP contribution in [-0.2, 0) is 5.41 Å². The molecule has 0 saturated carbocycles. The van der Waals surface area contributed by atoms with Crippen LogP contribution >= 0.6 is 0 Å². The molecule has 0 unspecified atom stereocenters. The first kappa shape index (κ1) is 18.0. The first-order valence-electron chi connectivity index (χ1n) is 8.23. The fourth-order valence-electron chi connectivity index (χ4n) is 2.67. The third kappa shape index (κ3) is 5.35. The second-order valence-electron chi connectivity index (χ2n) is 7.03. The van der Waals surface area contributed by atoms with Gasteiger partial charge in [-0.25, -0.2) is 0 Å². The fourth-order valence-corrected chi connectivity index (χ4v) is 2.67. The molecule has 2 heteroatoms. The van der Waals surface area contributed by atoms with Gasteiger partial charge in [0.25, 0.3) is 0 Å². The molecule has 0 aliphatic carbocycles. The summed E-state index contributed by atoms with van der Waals surface area (Å²) in [4.78, 5) is 2.40. The molecule has 0 saturated heterocycles. The van der Waals surface area contributed by atoms with Gasteiger partial charge in [-0.3, -0.25) is 0 Å². The van der Waals surface area contributed by atoms with Gasteiger partial charge < -0.3 is 9.64 Å². The second kappa shape index (κ2) is 7.84. The highest BCUT2D eigenvalue weighted by Crippen LogP contribution is 2.27. The Morgan fingerprint density at radius 3 is 2.24 bits per heavy atom. The number of hydrogen-bond donors (Lipinski definition) is 0. The van der Waals surface area contributed by atoms with Crippen LogP contribution in [-0.4, -0.2) is 31.1 Å². The number of rotatable bonds is 7. The minimum Gasteiger partial charge on any atom is -0.492 e. The predicted molar refractivity (Wildman–Crippen MR) is 92.4 cm³/mol. The Balaban J connectivity index is 2.57. The van der Waals surface area contributed by atoms with Gasteiger partial charge >= 0.3 is 0 Å². The van der Waals surface area contributed by atoms with Crippen LogP contribution < -0.4 is 4.74 Å². The molecule has 0 atom stereocenters. The van der Waals surface area contributed by atoms with E-state index >= 15 is 0 Å². The van der Waals surface area contributed by atoms with Crippen LogP contribution in [0, 0.1) is 6.92 Å². The molecule has 1 rings (SSSR count). The SMILES string of the molecule is CCC(CC)N(C)CCOc1ccc(C(C)(C)C)cc1C. The van der Waals surface area contributed by atoms with Crippen LogP contribution in [0.1, 0.15) is 58.6 Å². The lowest BCUT2D eigenvalue weighted by Crippen LogP contribution is -2.34. The van der Waals surface area contributed by atoms with E-state index in [-0.39, 0.29) is 5.41 Å². The third-order valence-corrected chi connectivity index (χ3v) is 4.31. The minimum absolute atomic E-state index is 0.193. The summed E-state index contributed by atoms with van der Waals surface area (Å²) in [5.41, 5.74) is 2.79. The van der Waals surface area contributed by atoms with E-state index in [0.29, 0.717) is 6.04 Å². The van der Waals surface area contributed by atoms with E-state index in [9.17, 15) is 0 Å². The number of hydrogen-bond acceptors (Lipinski definition) is 2. The molecule has 0 N–H and O–H groups in total.